The standard InChI is InChI=1S/C24H23N3O4S/c1-2-23(28)26-20-15-27(16-20)32(30,31)21-12-10-18(11-13-21)24(29)25-14-19-8-5-7-17-6-3-4-9-22(17)19/h2-13,20H,1,14-16H2,(H,25,29)(H,26,28). The van der Waals surface area contributed by atoms with Crippen molar-refractivity contribution in [1.29, 1.82) is 0 Å². The molecule has 1 saturated heterocycles. The van der Waals surface area contributed by atoms with Gasteiger partial charge < -0.3 is 10.6 Å². The number of carbonyl (C=O) groups is 2. The SMILES string of the molecule is C=CC(=O)NC1CN(S(=O)(=O)c2ccc(C(=O)NCc3cccc4ccccc34)cc2)C1. The van der Waals surface area contributed by atoms with Crippen LogP contribution in [0.1, 0.15) is 15.9 Å². The van der Waals surface area contributed by atoms with E-state index in [2.05, 4.69) is 17.2 Å². The molecule has 1 fully saturated rings. The lowest BCUT2D eigenvalue weighted by Gasteiger charge is -2.38. The second kappa shape index (κ2) is 8.94. The van der Waals surface area contributed by atoms with Gasteiger partial charge in [-0.25, -0.2) is 8.42 Å². The maximum Gasteiger partial charge on any atom is 0.251 e. The first kappa shape index (κ1) is 21.7. The highest BCUT2D eigenvalue weighted by Crippen LogP contribution is 2.22. The number of amides is 2. The average Bonchev–Trinajstić information content (AvgIpc) is 2.79. The van der Waals surface area contributed by atoms with E-state index >= 15 is 0 Å². The molecule has 0 bridgehead atoms. The van der Waals surface area contributed by atoms with E-state index in [4.69, 9.17) is 0 Å². The van der Waals surface area contributed by atoms with Crippen LogP contribution in [-0.4, -0.2) is 43.7 Å². The van der Waals surface area contributed by atoms with Gasteiger partial charge in [-0.05, 0) is 46.7 Å². The molecule has 2 N–H and O–H groups in total. The highest BCUT2D eigenvalue weighted by Gasteiger charge is 2.37. The molecule has 0 spiro atoms. The number of fused-ring (bicyclic) bond motifs is 1. The van der Waals surface area contributed by atoms with Gasteiger partial charge in [0, 0.05) is 25.2 Å². The number of rotatable bonds is 7. The smallest absolute Gasteiger partial charge is 0.251 e. The lowest BCUT2D eigenvalue weighted by Crippen LogP contribution is -2.60. The Labute approximate surface area is 186 Å². The Kier molecular flexibility index (Phi) is 6.07. The quantitative estimate of drug-likeness (QED) is 0.542. The highest BCUT2D eigenvalue weighted by atomic mass is 32.2. The molecule has 0 radical (unpaired) electrons. The minimum atomic E-state index is -3.68. The third-order valence-corrected chi connectivity index (χ3v) is 7.30. The molecular weight excluding hydrogens is 426 g/mol. The maximum absolute atomic E-state index is 12.7. The molecule has 0 saturated carbocycles. The average molecular weight is 450 g/mol. The van der Waals surface area contributed by atoms with Crippen LogP contribution >= 0.6 is 0 Å². The number of benzene rings is 3. The summed E-state index contributed by atoms with van der Waals surface area (Å²) in [5.41, 5.74) is 1.38. The Morgan fingerprint density at radius 2 is 1.69 bits per heavy atom. The van der Waals surface area contributed by atoms with Crippen LogP contribution in [-0.2, 0) is 21.4 Å². The molecule has 8 heteroatoms. The van der Waals surface area contributed by atoms with Gasteiger partial charge in [-0.1, -0.05) is 49.0 Å². The van der Waals surface area contributed by atoms with Crippen LogP contribution < -0.4 is 10.6 Å². The first-order chi connectivity index (χ1) is 15.4. The molecule has 0 atom stereocenters. The van der Waals surface area contributed by atoms with E-state index in [-0.39, 0.29) is 35.8 Å². The van der Waals surface area contributed by atoms with E-state index in [1.807, 2.05) is 42.5 Å². The molecule has 1 aliphatic heterocycles. The fourth-order valence-corrected chi connectivity index (χ4v) is 5.17. The summed E-state index contributed by atoms with van der Waals surface area (Å²) in [6.07, 6.45) is 1.15. The third-order valence-electron chi connectivity index (χ3n) is 5.45. The van der Waals surface area contributed by atoms with Crippen molar-refractivity contribution in [3.05, 3.63) is 90.5 Å². The van der Waals surface area contributed by atoms with Crippen LogP contribution in [0.3, 0.4) is 0 Å². The molecule has 2 amide bonds. The van der Waals surface area contributed by atoms with E-state index in [0.717, 1.165) is 22.4 Å². The van der Waals surface area contributed by atoms with E-state index < -0.39 is 10.0 Å². The van der Waals surface area contributed by atoms with Gasteiger partial charge in [0.25, 0.3) is 5.91 Å². The molecule has 0 unspecified atom stereocenters. The van der Waals surface area contributed by atoms with Crippen molar-refractivity contribution in [2.24, 2.45) is 0 Å². The second-order valence-electron chi connectivity index (χ2n) is 7.58. The molecule has 3 aromatic rings. The van der Waals surface area contributed by atoms with Gasteiger partial charge in [0.05, 0.1) is 10.9 Å². The van der Waals surface area contributed by atoms with Crippen LogP contribution in [0, 0.1) is 0 Å². The first-order valence-corrected chi connectivity index (χ1v) is 11.6. The molecule has 0 aliphatic carbocycles. The summed E-state index contributed by atoms with van der Waals surface area (Å²) in [6.45, 7) is 4.15. The van der Waals surface area contributed by atoms with Gasteiger partial charge in [-0.15, -0.1) is 0 Å². The number of carbonyl (C=O) groups excluding carboxylic acids is 2. The summed E-state index contributed by atoms with van der Waals surface area (Å²) >= 11 is 0. The fraction of sp³-hybridized carbons (Fsp3) is 0.167. The number of hydrogen-bond donors (Lipinski definition) is 2. The van der Waals surface area contributed by atoms with Crippen LogP contribution in [0.4, 0.5) is 0 Å². The van der Waals surface area contributed by atoms with E-state index in [1.54, 1.807) is 0 Å². The molecule has 32 heavy (non-hydrogen) atoms. The zero-order valence-electron chi connectivity index (χ0n) is 17.3. The molecule has 4 rings (SSSR count). The van der Waals surface area contributed by atoms with Crippen molar-refractivity contribution in [2.75, 3.05) is 13.1 Å². The fourth-order valence-electron chi connectivity index (χ4n) is 3.64. The zero-order valence-corrected chi connectivity index (χ0v) is 18.1. The summed E-state index contributed by atoms with van der Waals surface area (Å²) in [5, 5.41) is 7.74. The summed E-state index contributed by atoms with van der Waals surface area (Å²) in [4.78, 5) is 24.0. The van der Waals surface area contributed by atoms with Crippen molar-refractivity contribution in [3.63, 3.8) is 0 Å². The Morgan fingerprint density at radius 3 is 2.41 bits per heavy atom. The Hall–Kier alpha value is -3.49. The van der Waals surface area contributed by atoms with Gasteiger partial charge >= 0.3 is 0 Å². The second-order valence-corrected chi connectivity index (χ2v) is 9.51. The third kappa shape index (κ3) is 4.42. The Morgan fingerprint density at radius 1 is 1.00 bits per heavy atom. The first-order valence-electron chi connectivity index (χ1n) is 10.2. The van der Waals surface area contributed by atoms with Gasteiger partial charge in [-0.3, -0.25) is 9.59 Å². The van der Waals surface area contributed by atoms with Crippen molar-refractivity contribution < 1.29 is 18.0 Å². The van der Waals surface area contributed by atoms with Crippen molar-refractivity contribution in [2.45, 2.75) is 17.5 Å². The molecule has 164 valence electrons. The molecule has 3 aromatic carbocycles. The van der Waals surface area contributed by atoms with Crippen LogP contribution in [0.25, 0.3) is 10.8 Å². The molecular formula is C24H23N3O4S. The lowest BCUT2D eigenvalue weighted by atomic mass is 10.0. The lowest BCUT2D eigenvalue weighted by molar-refractivity contribution is -0.117. The normalized spacial score (nSPS) is 14.5. The van der Waals surface area contributed by atoms with E-state index in [9.17, 15) is 18.0 Å². The minimum Gasteiger partial charge on any atom is -0.348 e. The van der Waals surface area contributed by atoms with Crippen molar-refractivity contribution >= 4 is 32.6 Å². The van der Waals surface area contributed by atoms with Crippen molar-refractivity contribution in [3.8, 4) is 0 Å². The number of nitrogens with one attached hydrogen (secondary N) is 2. The highest BCUT2D eigenvalue weighted by molar-refractivity contribution is 7.89. The monoisotopic (exact) mass is 449 g/mol. The molecule has 1 aliphatic rings. The predicted molar refractivity (Wildman–Crippen MR) is 122 cm³/mol. The molecule has 1 heterocycles. The Bertz CT molecular complexity index is 1270. The van der Waals surface area contributed by atoms with E-state index in [1.165, 1.54) is 28.6 Å². The van der Waals surface area contributed by atoms with Crippen LogP contribution in [0.15, 0.2) is 84.3 Å². The maximum atomic E-state index is 12.7. The van der Waals surface area contributed by atoms with Gasteiger partial charge in [0.15, 0.2) is 0 Å². The predicted octanol–water partition coefficient (Wildman–Crippen LogP) is 2.44. The van der Waals surface area contributed by atoms with Crippen LogP contribution in [0.2, 0.25) is 0 Å². The summed E-state index contributed by atoms with van der Waals surface area (Å²) < 4.78 is 26.7. The van der Waals surface area contributed by atoms with Crippen LogP contribution in [0.5, 0.6) is 0 Å². The summed E-state index contributed by atoms with van der Waals surface area (Å²) in [6, 6.07) is 19.5. The van der Waals surface area contributed by atoms with Gasteiger partial charge in [-0.2, -0.15) is 4.31 Å². The van der Waals surface area contributed by atoms with Gasteiger partial charge in [0.1, 0.15) is 0 Å². The molecule has 0 aromatic heterocycles. The Balaban J connectivity index is 1.38. The number of hydrogen-bond acceptors (Lipinski definition) is 4. The number of sulfonamides is 1. The van der Waals surface area contributed by atoms with Gasteiger partial charge in [0.2, 0.25) is 15.9 Å². The van der Waals surface area contributed by atoms with Crippen molar-refractivity contribution in [1.82, 2.24) is 14.9 Å². The zero-order chi connectivity index (χ0) is 22.7. The summed E-state index contributed by atoms with van der Waals surface area (Å²) in [7, 11) is -3.68. The topological polar surface area (TPSA) is 95.6 Å². The summed E-state index contributed by atoms with van der Waals surface area (Å²) in [5.74, 6) is -0.607. The largest absolute Gasteiger partial charge is 0.348 e. The number of nitrogens with zero attached hydrogens (tertiary/aromatic N) is 1. The molecule has 7 nitrogen and oxygen atoms in total. The minimum absolute atomic E-state index is 0.108. The van der Waals surface area contributed by atoms with E-state index in [0.29, 0.717) is 12.1 Å².